The van der Waals surface area contributed by atoms with E-state index in [-0.39, 0.29) is 0 Å². The number of hydrogen-bond donors (Lipinski definition) is 1. The molecule has 0 amide bonds. The van der Waals surface area contributed by atoms with Gasteiger partial charge in [-0.15, -0.1) is 0 Å². The summed E-state index contributed by atoms with van der Waals surface area (Å²) in [4.78, 5) is 0. The maximum atomic E-state index is 3.50. The van der Waals surface area contributed by atoms with Crippen LogP contribution in [-0.2, 0) is 0 Å². The lowest BCUT2D eigenvalue weighted by molar-refractivity contribution is 0.256. The quantitative estimate of drug-likeness (QED) is 0.776. The van der Waals surface area contributed by atoms with Crippen molar-refractivity contribution in [3.63, 3.8) is 0 Å². The van der Waals surface area contributed by atoms with Gasteiger partial charge in [-0.05, 0) is 37.0 Å². The zero-order valence-electron chi connectivity index (χ0n) is 10.2. The molecule has 4 atom stereocenters. The molecule has 14 heavy (non-hydrogen) atoms. The fourth-order valence-corrected chi connectivity index (χ4v) is 4.10. The first-order valence-electron chi connectivity index (χ1n) is 5.87. The van der Waals surface area contributed by atoms with Crippen LogP contribution in [0.1, 0.15) is 40.5 Å². The fraction of sp³-hybridized carbons (Fsp3) is 1.00. The van der Waals surface area contributed by atoms with Crippen LogP contribution in [-0.4, -0.2) is 23.6 Å². The summed E-state index contributed by atoms with van der Waals surface area (Å²) >= 11 is 2.16. The standard InChI is InChI=1S/C12H25NS/c1-8(2)14-12-10(4)6-9(3)7-11(12)13-5/h8-13H,6-7H2,1-5H3. The second kappa shape index (κ2) is 5.41. The van der Waals surface area contributed by atoms with E-state index < -0.39 is 0 Å². The lowest BCUT2D eigenvalue weighted by Gasteiger charge is -2.40. The molecule has 0 aromatic heterocycles. The summed E-state index contributed by atoms with van der Waals surface area (Å²) in [5.74, 6) is 1.76. The maximum absolute atomic E-state index is 3.50. The van der Waals surface area contributed by atoms with Crippen molar-refractivity contribution < 1.29 is 0 Å². The van der Waals surface area contributed by atoms with E-state index in [4.69, 9.17) is 0 Å². The van der Waals surface area contributed by atoms with Gasteiger partial charge in [0.15, 0.2) is 0 Å². The van der Waals surface area contributed by atoms with Gasteiger partial charge in [-0.3, -0.25) is 0 Å². The Morgan fingerprint density at radius 2 is 1.86 bits per heavy atom. The van der Waals surface area contributed by atoms with E-state index in [0.29, 0.717) is 0 Å². The van der Waals surface area contributed by atoms with Crippen molar-refractivity contribution in [1.82, 2.24) is 5.32 Å². The van der Waals surface area contributed by atoms with Crippen LogP contribution in [0.25, 0.3) is 0 Å². The van der Waals surface area contributed by atoms with E-state index in [9.17, 15) is 0 Å². The first-order valence-corrected chi connectivity index (χ1v) is 6.81. The monoisotopic (exact) mass is 215 g/mol. The predicted octanol–water partition coefficient (Wildman–Crippen LogP) is 3.15. The molecule has 4 unspecified atom stereocenters. The Hall–Kier alpha value is 0.310. The molecule has 0 bridgehead atoms. The summed E-state index contributed by atoms with van der Waals surface area (Å²) in [6, 6.07) is 0.723. The van der Waals surface area contributed by atoms with Crippen molar-refractivity contribution in [3.8, 4) is 0 Å². The molecule has 1 N–H and O–H groups in total. The zero-order valence-corrected chi connectivity index (χ0v) is 11.0. The van der Waals surface area contributed by atoms with Crippen molar-refractivity contribution >= 4 is 11.8 Å². The van der Waals surface area contributed by atoms with Gasteiger partial charge in [0.2, 0.25) is 0 Å². The third-order valence-electron chi connectivity index (χ3n) is 3.19. The van der Waals surface area contributed by atoms with Crippen molar-refractivity contribution in [2.75, 3.05) is 7.05 Å². The number of nitrogens with one attached hydrogen (secondary N) is 1. The van der Waals surface area contributed by atoms with Gasteiger partial charge >= 0.3 is 0 Å². The Balaban J connectivity index is 2.58. The van der Waals surface area contributed by atoms with Gasteiger partial charge in [0.05, 0.1) is 0 Å². The lowest BCUT2D eigenvalue weighted by Crippen LogP contribution is -2.45. The summed E-state index contributed by atoms with van der Waals surface area (Å²) in [6.45, 7) is 9.42. The van der Waals surface area contributed by atoms with E-state index in [1.54, 1.807) is 0 Å². The van der Waals surface area contributed by atoms with Crippen LogP contribution >= 0.6 is 11.8 Å². The molecule has 1 aliphatic carbocycles. The van der Waals surface area contributed by atoms with Gasteiger partial charge < -0.3 is 5.32 Å². The van der Waals surface area contributed by atoms with Crippen LogP contribution in [0, 0.1) is 11.8 Å². The van der Waals surface area contributed by atoms with Gasteiger partial charge in [-0.2, -0.15) is 11.8 Å². The molecular formula is C12H25NS. The fourth-order valence-electron chi connectivity index (χ4n) is 2.65. The van der Waals surface area contributed by atoms with E-state index in [1.165, 1.54) is 12.8 Å². The summed E-state index contributed by atoms with van der Waals surface area (Å²) in [5, 5.41) is 5.07. The molecule has 1 fully saturated rings. The molecular weight excluding hydrogens is 190 g/mol. The van der Waals surface area contributed by atoms with Crippen molar-refractivity contribution in [3.05, 3.63) is 0 Å². The Bertz CT molecular complexity index is 170. The summed E-state index contributed by atoms with van der Waals surface area (Å²) in [6.07, 6.45) is 2.76. The van der Waals surface area contributed by atoms with Crippen LogP contribution in [0.4, 0.5) is 0 Å². The highest BCUT2D eigenvalue weighted by Crippen LogP contribution is 2.37. The van der Waals surface area contributed by atoms with Gasteiger partial charge in [0.25, 0.3) is 0 Å². The topological polar surface area (TPSA) is 12.0 Å². The van der Waals surface area contributed by atoms with Crippen molar-refractivity contribution in [1.29, 1.82) is 0 Å². The molecule has 1 rings (SSSR count). The minimum atomic E-state index is 0.723. The molecule has 1 aliphatic rings. The molecule has 2 heteroatoms. The van der Waals surface area contributed by atoms with Gasteiger partial charge in [0, 0.05) is 11.3 Å². The van der Waals surface area contributed by atoms with Crippen LogP contribution < -0.4 is 5.32 Å². The molecule has 84 valence electrons. The highest BCUT2D eigenvalue weighted by molar-refractivity contribution is 8.00. The molecule has 1 saturated carbocycles. The minimum Gasteiger partial charge on any atom is -0.316 e. The molecule has 0 aliphatic heterocycles. The zero-order chi connectivity index (χ0) is 10.7. The molecule has 1 nitrogen and oxygen atoms in total. The lowest BCUT2D eigenvalue weighted by atomic mass is 9.80. The third-order valence-corrected chi connectivity index (χ3v) is 4.84. The molecule has 0 saturated heterocycles. The summed E-state index contributed by atoms with van der Waals surface area (Å²) in [5.41, 5.74) is 0. The number of thioether (sulfide) groups is 1. The first kappa shape index (κ1) is 12.4. The summed E-state index contributed by atoms with van der Waals surface area (Å²) in [7, 11) is 2.11. The predicted molar refractivity (Wildman–Crippen MR) is 66.9 cm³/mol. The Kier molecular flexibility index (Phi) is 4.78. The molecule has 0 spiro atoms. The normalized spacial score (nSPS) is 39.0. The van der Waals surface area contributed by atoms with Crippen molar-refractivity contribution in [2.24, 2.45) is 11.8 Å². The second-order valence-corrected chi connectivity index (χ2v) is 6.86. The van der Waals surface area contributed by atoms with Crippen LogP contribution in [0.5, 0.6) is 0 Å². The Morgan fingerprint density at radius 1 is 1.21 bits per heavy atom. The molecule has 0 aromatic carbocycles. The molecule has 0 aromatic rings. The summed E-state index contributed by atoms with van der Waals surface area (Å²) < 4.78 is 0. The number of hydrogen-bond acceptors (Lipinski definition) is 2. The van der Waals surface area contributed by atoms with Gasteiger partial charge in [-0.25, -0.2) is 0 Å². The van der Waals surface area contributed by atoms with Crippen LogP contribution in [0.15, 0.2) is 0 Å². The third kappa shape index (κ3) is 3.16. The van der Waals surface area contributed by atoms with E-state index in [2.05, 4.69) is 51.8 Å². The second-order valence-electron chi connectivity index (χ2n) is 5.10. The number of rotatable bonds is 3. The Labute approximate surface area is 93.4 Å². The average molecular weight is 215 g/mol. The first-order chi connectivity index (χ1) is 6.54. The molecule has 0 heterocycles. The SMILES string of the molecule is CNC1CC(C)CC(C)C1SC(C)C. The maximum Gasteiger partial charge on any atom is 0.0229 e. The van der Waals surface area contributed by atoms with Crippen molar-refractivity contribution in [2.45, 2.75) is 57.1 Å². The van der Waals surface area contributed by atoms with Crippen LogP contribution in [0.3, 0.4) is 0 Å². The molecule has 0 radical (unpaired) electrons. The average Bonchev–Trinajstić information content (AvgIpc) is 2.08. The van der Waals surface area contributed by atoms with E-state index >= 15 is 0 Å². The van der Waals surface area contributed by atoms with E-state index in [0.717, 1.165) is 28.4 Å². The minimum absolute atomic E-state index is 0.723. The smallest absolute Gasteiger partial charge is 0.0229 e. The van der Waals surface area contributed by atoms with Crippen LogP contribution in [0.2, 0.25) is 0 Å². The Morgan fingerprint density at radius 3 is 2.36 bits per heavy atom. The highest BCUT2D eigenvalue weighted by atomic mass is 32.2. The van der Waals surface area contributed by atoms with Gasteiger partial charge in [-0.1, -0.05) is 27.7 Å². The van der Waals surface area contributed by atoms with E-state index in [1.807, 2.05) is 0 Å². The van der Waals surface area contributed by atoms with Gasteiger partial charge in [0.1, 0.15) is 0 Å². The largest absolute Gasteiger partial charge is 0.316 e. The highest BCUT2D eigenvalue weighted by Gasteiger charge is 2.33.